The van der Waals surface area contributed by atoms with Crippen molar-refractivity contribution in [3.63, 3.8) is 0 Å². The molecule has 0 aliphatic heterocycles. The SMILES string of the molecule is CCOC(=O)Cc1cc(OC(F)(F)F)cc(CCl)c1C#N. The number of hydrogen-bond acceptors (Lipinski definition) is 4. The molecule has 0 aliphatic carbocycles. The van der Waals surface area contributed by atoms with Gasteiger partial charge in [0.25, 0.3) is 0 Å². The highest BCUT2D eigenvalue weighted by atomic mass is 35.5. The minimum absolute atomic E-state index is 0.0487. The van der Waals surface area contributed by atoms with Crippen molar-refractivity contribution in [3.05, 3.63) is 28.8 Å². The van der Waals surface area contributed by atoms with Crippen LogP contribution in [0.1, 0.15) is 23.6 Å². The zero-order chi connectivity index (χ0) is 16.0. The zero-order valence-corrected chi connectivity index (χ0v) is 11.7. The fourth-order valence-electron chi connectivity index (χ4n) is 1.68. The van der Waals surface area contributed by atoms with Gasteiger partial charge in [0.1, 0.15) is 5.75 Å². The fraction of sp³-hybridized carbons (Fsp3) is 0.385. The van der Waals surface area contributed by atoms with E-state index in [-0.39, 0.29) is 35.6 Å². The summed E-state index contributed by atoms with van der Waals surface area (Å²) in [5.41, 5.74) is 0.279. The van der Waals surface area contributed by atoms with Crippen molar-refractivity contribution >= 4 is 17.6 Å². The first-order valence-electron chi connectivity index (χ1n) is 5.84. The summed E-state index contributed by atoms with van der Waals surface area (Å²) < 4.78 is 45.3. The van der Waals surface area contributed by atoms with E-state index in [1.54, 1.807) is 6.92 Å². The summed E-state index contributed by atoms with van der Waals surface area (Å²) in [7, 11) is 0. The number of hydrogen-bond donors (Lipinski definition) is 0. The van der Waals surface area contributed by atoms with Crippen LogP contribution in [-0.4, -0.2) is 18.9 Å². The third-order valence-corrected chi connectivity index (χ3v) is 2.69. The van der Waals surface area contributed by atoms with Gasteiger partial charge in [-0.15, -0.1) is 24.8 Å². The molecule has 0 radical (unpaired) electrons. The molecule has 4 nitrogen and oxygen atoms in total. The van der Waals surface area contributed by atoms with Crippen LogP contribution >= 0.6 is 11.6 Å². The predicted octanol–water partition coefficient (Wildman–Crippen LogP) is 3.30. The lowest BCUT2D eigenvalue weighted by molar-refractivity contribution is -0.274. The van der Waals surface area contributed by atoms with Gasteiger partial charge in [0.2, 0.25) is 0 Å². The molecule has 0 spiro atoms. The molecule has 0 atom stereocenters. The lowest BCUT2D eigenvalue weighted by Gasteiger charge is -2.13. The van der Waals surface area contributed by atoms with Crippen LogP contribution in [-0.2, 0) is 21.8 Å². The molecule has 0 fully saturated rings. The van der Waals surface area contributed by atoms with Gasteiger partial charge in [-0.05, 0) is 30.2 Å². The normalized spacial score (nSPS) is 10.9. The standard InChI is InChI=1S/C13H11ClF3NO3/c1-2-20-12(19)5-8-3-10(21-13(15,16)17)4-9(6-14)11(8)7-18/h3-4H,2,5-6H2,1H3. The Morgan fingerprint density at radius 1 is 1.38 bits per heavy atom. The smallest absolute Gasteiger partial charge is 0.466 e. The van der Waals surface area contributed by atoms with Crippen LogP contribution in [0.25, 0.3) is 0 Å². The highest BCUT2D eigenvalue weighted by Gasteiger charge is 2.31. The van der Waals surface area contributed by atoms with E-state index >= 15 is 0 Å². The Hall–Kier alpha value is -1.94. The van der Waals surface area contributed by atoms with Crippen molar-refractivity contribution in [1.82, 2.24) is 0 Å². The van der Waals surface area contributed by atoms with Crippen molar-refractivity contribution in [3.8, 4) is 11.8 Å². The molecule has 0 heterocycles. The van der Waals surface area contributed by atoms with Crippen LogP contribution in [0, 0.1) is 11.3 Å². The van der Waals surface area contributed by atoms with Gasteiger partial charge in [-0.2, -0.15) is 5.26 Å². The lowest BCUT2D eigenvalue weighted by atomic mass is 10.00. The average molecular weight is 322 g/mol. The van der Waals surface area contributed by atoms with Crippen LogP contribution in [0.2, 0.25) is 0 Å². The number of ether oxygens (including phenoxy) is 2. The maximum atomic E-state index is 12.3. The Morgan fingerprint density at radius 2 is 2.00 bits per heavy atom. The monoisotopic (exact) mass is 321 g/mol. The molecule has 0 aliphatic rings. The molecule has 21 heavy (non-hydrogen) atoms. The van der Waals surface area contributed by atoms with Gasteiger partial charge in [0, 0.05) is 5.88 Å². The first-order chi connectivity index (χ1) is 9.80. The Bertz CT molecular complexity index is 567. The number of rotatable bonds is 5. The minimum atomic E-state index is -4.88. The van der Waals surface area contributed by atoms with Gasteiger partial charge in [0.05, 0.1) is 24.7 Å². The molecular formula is C13H11ClF3NO3. The van der Waals surface area contributed by atoms with Crippen molar-refractivity contribution in [2.24, 2.45) is 0 Å². The van der Waals surface area contributed by atoms with Crippen LogP contribution in [0.3, 0.4) is 0 Å². The van der Waals surface area contributed by atoms with E-state index in [0.29, 0.717) is 0 Å². The van der Waals surface area contributed by atoms with E-state index in [1.807, 2.05) is 6.07 Å². The summed E-state index contributed by atoms with van der Waals surface area (Å²) in [6.07, 6.45) is -5.21. The molecule has 1 aromatic carbocycles. The molecule has 0 aromatic heterocycles. The Labute approximate surface area is 124 Å². The van der Waals surface area contributed by atoms with Crippen molar-refractivity contribution in [2.45, 2.75) is 25.6 Å². The molecule has 114 valence electrons. The molecule has 1 rings (SSSR count). The summed E-state index contributed by atoms with van der Waals surface area (Å²) >= 11 is 5.62. The van der Waals surface area contributed by atoms with E-state index in [2.05, 4.69) is 4.74 Å². The van der Waals surface area contributed by atoms with E-state index in [1.165, 1.54) is 0 Å². The highest BCUT2D eigenvalue weighted by Crippen LogP contribution is 2.29. The van der Waals surface area contributed by atoms with Gasteiger partial charge in [0.15, 0.2) is 0 Å². The van der Waals surface area contributed by atoms with E-state index in [4.69, 9.17) is 21.6 Å². The summed E-state index contributed by atoms with van der Waals surface area (Å²) in [6, 6.07) is 3.83. The molecule has 8 heteroatoms. The number of halogens is 4. The van der Waals surface area contributed by atoms with E-state index in [9.17, 15) is 18.0 Å². The number of carbonyl (C=O) groups excluding carboxylic acids is 1. The summed E-state index contributed by atoms with van der Waals surface area (Å²) in [5.74, 6) is -1.37. The quantitative estimate of drug-likeness (QED) is 0.616. The molecule has 0 N–H and O–H groups in total. The van der Waals surface area contributed by atoms with Crippen LogP contribution in [0.5, 0.6) is 5.75 Å². The first kappa shape index (κ1) is 17.1. The second-order valence-corrected chi connectivity index (χ2v) is 4.16. The Balaban J connectivity index is 3.22. The van der Waals surface area contributed by atoms with Crippen LogP contribution in [0.15, 0.2) is 12.1 Å². The number of alkyl halides is 4. The number of benzene rings is 1. The zero-order valence-electron chi connectivity index (χ0n) is 11.0. The molecule has 0 amide bonds. The molecular weight excluding hydrogens is 311 g/mol. The third kappa shape index (κ3) is 5.16. The predicted molar refractivity (Wildman–Crippen MR) is 67.7 cm³/mol. The van der Waals surface area contributed by atoms with Crippen molar-refractivity contribution < 1.29 is 27.4 Å². The molecule has 1 aromatic rings. The van der Waals surface area contributed by atoms with E-state index in [0.717, 1.165) is 12.1 Å². The topological polar surface area (TPSA) is 59.3 Å². The average Bonchev–Trinajstić information content (AvgIpc) is 2.36. The van der Waals surface area contributed by atoms with Gasteiger partial charge < -0.3 is 9.47 Å². The highest BCUT2D eigenvalue weighted by molar-refractivity contribution is 6.17. The van der Waals surface area contributed by atoms with Crippen molar-refractivity contribution in [2.75, 3.05) is 6.61 Å². The van der Waals surface area contributed by atoms with Crippen molar-refractivity contribution in [1.29, 1.82) is 5.26 Å². The summed E-state index contributed by atoms with van der Waals surface area (Å²) in [5, 5.41) is 9.07. The second-order valence-electron chi connectivity index (χ2n) is 3.89. The largest absolute Gasteiger partial charge is 0.573 e. The number of nitrogens with zero attached hydrogens (tertiary/aromatic N) is 1. The molecule has 0 saturated heterocycles. The second kappa shape index (κ2) is 7.18. The Kier molecular flexibility index (Phi) is 5.85. The first-order valence-corrected chi connectivity index (χ1v) is 6.37. The lowest BCUT2D eigenvalue weighted by Crippen LogP contribution is -2.18. The van der Waals surface area contributed by atoms with Crippen LogP contribution in [0.4, 0.5) is 13.2 Å². The summed E-state index contributed by atoms with van der Waals surface area (Å²) in [6.45, 7) is 1.72. The number of carbonyl (C=O) groups is 1. The van der Waals surface area contributed by atoms with Gasteiger partial charge in [-0.25, -0.2) is 0 Å². The number of nitriles is 1. The van der Waals surface area contributed by atoms with Gasteiger partial charge >= 0.3 is 12.3 Å². The van der Waals surface area contributed by atoms with Gasteiger partial charge in [-0.3, -0.25) is 4.79 Å². The molecule has 0 saturated carbocycles. The van der Waals surface area contributed by atoms with Gasteiger partial charge in [-0.1, -0.05) is 0 Å². The van der Waals surface area contributed by atoms with Crippen LogP contribution < -0.4 is 4.74 Å². The summed E-state index contributed by atoms with van der Waals surface area (Å²) in [4.78, 5) is 11.4. The fourth-order valence-corrected chi connectivity index (χ4v) is 1.89. The van der Waals surface area contributed by atoms with E-state index < -0.39 is 18.1 Å². The number of esters is 1. The minimum Gasteiger partial charge on any atom is -0.466 e. The molecule has 0 bridgehead atoms. The Morgan fingerprint density at radius 3 is 2.48 bits per heavy atom. The maximum absolute atomic E-state index is 12.3. The molecule has 0 unspecified atom stereocenters. The third-order valence-electron chi connectivity index (χ3n) is 2.40. The maximum Gasteiger partial charge on any atom is 0.573 e.